The Morgan fingerprint density at radius 3 is 2.36 bits per heavy atom. The number of methoxy groups -OCH3 is 2. The first-order chi connectivity index (χ1) is 10.7. The molecule has 2 aromatic carbocycles. The molecule has 0 radical (unpaired) electrons. The molecule has 22 heavy (non-hydrogen) atoms. The predicted octanol–water partition coefficient (Wildman–Crippen LogP) is 3.73. The number of benzene rings is 2. The van der Waals surface area contributed by atoms with E-state index >= 15 is 0 Å². The largest absolute Gasteiger partial charge is 0.493 e. The molecule has 1 heterocycles. The first kappa shape index (κ1) is 14.5. The molecule has 0 saturated heterocycles. The number of nitrogens with zero attached hydrogens (tertiary/aromatic N) is 2. The highest BCUT2D eigenvalue weighted by molar-refractivity contribution is 7.80. The number of thiol groups is 1. The van der Waals surface area contributed by atoms with E-state index in [9.17, 15) is 0 Å². The summed E-state index contributed by atoms with van der Waals surface area (Å²) in [4.78, 5) is 9.19. The Kier molecular flexibility index (Phi) is 4.02. The lowest BCUT2D eigenvalue weighted by Gasteiger charge is -2.12. The predicted molar refractivity (Wildman–Crippen MR) is 86.4 cm³/mol. The van der Waals surface area contributed by atoms with E-state index < -0.39 is 0 Å². The van der Waals surface area contributed by atoms with Crippen molar-refractivity contribution in [2.75, 3.05) is 14.2 Å². The van der Waals surface area contributed by atoms with Gasteiger partial charge in [-0.15, -0.1) is 12.6 Å². The zero-order valence-corrected chi connectivity index (χ0v) is 13.0. The van der Waals surface area contributed by atoms with Gasteiger partial charge in [-0.05, 0) is 18.2 Å². The first-order valence-corrected chi connectivity index (χ1v) is 7.00. The zero-order chi connectivity index (χ0) is 15.5. The maximum absolute atomic E-state index is 5.87. The smallest absolute Gasteiger partial charge is 0.230 e. The summed E-state index contributed by atoms with van der Waals surface area (Å²) >= 11 is 4.38. The fourth-order valence-corrected chi connectivity index (χ4v) is 2.29. The van der Waals surface area contributed by atoms with Crippen molar-refractivity contribution in [3.05, 3.63) is 42.7 Å². The molecule has 1 aromatic heterocycles. The Balaban J connectivity index is 2.12. The van der Waals surface area contributed by atoms with Crippen LogP contribution in [0.25, 0.3) is 10.9 Å². The average Bonchev–Trinajstić information content (AvgIpc) is 2.56. The molecule has 6 heteroatoms. The maximum atomic E-state index is 5.87. The molecule has 0 unspecified atom stereocenters. The van der Waals surface area contributed by atoms with E-state index in [1.807, 2.05) is 24.3 Å². The van der Waals surface area contributed by atoms with Crippen LogP contribution in [0.15, 0.2) is 47.6 Å². The molecule has 3 aromatic rings. The minimum Gasteiger partial charge on any atom is -0.493 e. The molecule has 0 fully saturated rings. The molecular formula is C16H14N2O3S. The van der Waals surface area contributed by atoms with Gasteiger partial charge >= 0.3 is 0 Å². The van der Waals surface area contributed by atoms with Crippen LogP contribution in [0, 0.1) is 0 Å². The summed E-state index contributed by atoms with van der Waals surface area (Å²) < 4.78 is 16.5. The van der Waals surface area contributed by atoms with Gasteiger partial charge < -0.3 is 14.2 Å². The third-order valence-corrected chi connectivity index (χ3v) is 3.55. The second kappa shape index (κ2) is 6.11. The molecule has 0 aliphatic rings. The molecule has 0 aliphatic carbocycles. The monoisotopic (exact) mass is 314 g/mol. The number of hydrogen-bond donors (Lipinski definition) is 1. The Bertz CT molecular complexity index is 824. The normalized spacial score (nSPS) is 10.5. The summed E-state index contributed by atoms with van der Waals surface area (Å²) in [5, 5.41) is 0.733. The van der Waals surface area contributed by atoms with E-state index in [4.69, 9.17) is 14.2 Å². The van der Waals surface area contributed by atoms with Crippen LogP contribution in [0.3, 0.4) is 0 Å². The van der Waals surface area contributed by atoms with Crippen molar-refractivity contribution in [2.45, 2.75) is 4.90 Å². The van der Waals surface area contributed by atoms with Gasteiger partial charge in [-0.1, -0.05) is 12.1 Å². The number of aromatic nitrogens is 2. The molecule has 112 valence electrons. The minimum atomic E-state index is 0.437. The highest BCUT2D eigenvalue weighted by Gasteiger charge is 2.13. The summed E-state index contributed by atoms with van der Waals surface area (Å²) in [6, 6.07) is 11.0. The summed E-state index contributed by atoms with van der Waals surface area (Å²) in [6.45, 7) is 0. The molecule has 0 aliphatic heterocycles. The lowest BCUT2D eigenvalue weighted by molar-refractivity contribution is 0.355. The molecule has 0 amide bonds. The average molecular weight is 314 g/mol. The number of rotatable bonds is 4. The van der Waals surface area contributed by atoms with Gasteiger partial charge in [-0.3, -0.25) is 0 Å². The van der Waals surface area contributed by atoms with Crippen molar-refractivity contribution in [1.82, 2.24) is 9.97 Å². The van der Waals surface area contributed by atoms with Gasteiger partial charge in [0.25, 0.3) is 0 Å². The van der Waals surface area contributed by atoms with Crippen molar-refractivity contribution in [1.29, 1.82) is 0 Å². The van der Waals surface area contributed by atoms with Crippen LogP contribution >= 0.6 is 12.6 Å². The second-order valence-electron chi connectivity index (χ2n) is 4.47. The van der Waals surface area contributed by atoms with Gasteiger partial charge in [0.1, 0.15) is 12.1 Å². The fourth-order valence-electron chi connectivity index (χ4n) is 2.09. The van der Waals surface area contributed by atoms with Gasteiger partial charge in [-0.25, -0.2) is 9.97 Å². The fraction of sp³-hybridized carbons (Fsp3) is 0.125. The lowest BCUT2D eigenvalue weighted by atomic mass is 10.2. The molecular weight excluding hydrogens is 300 g/mol. The molecule has 0 bridgehead atoms. The van der Waals surface area contributed by atoms with Gasteiger partial charge in [0.2, 0.25) is 5.88 Å². The number of fused-ring (bicyclic) bond motifs is 1. The van der Waals surface area contributed by atoms with Crippen LogP contribution in [0.2, 0.25) is 0 Å². The van der Waals surface area contributed by atoms with Crippen molar-refractivity contribution in [3.8, 4) is 23.1 Å². The topological polar surface area (TPSA) is 53.5 Å². The van der Waals surface area contributed by atoms with E-state index in [1.54, 1.807) is 26.4 Å². The van der Waals surface area contributed by atoms with Crippen molar-refractivity contribution in [2.24, 2.45) is 0 Å². The van der Waals surface area contributed by atoms with Crippen LogP contribution in [-0.2, 0) is 0 Å². The van der Waals surface area contributed by atoms with E-state index in [-0.39, 0.29) is 0 Å². The number of para-hydroxylation sites is 1. The van der Waals surface area contributed by atoms with Crippen LogP contribution in [0.4, 0.5) is 0 Å². The zero-order valence-electron chi connectivity index (χ0n) is 12.1. The molecule has 3 rings (SSSR count). The minimum absolute atomic E-state index is 0.437. The highest BCUT2D eigenvalue weighted by Crippen LogP contribution is 2.36. The third kappa shape index (κ3) is 2.65. The summed E-state index contributed by atoms with van der Waals surface area (Å²) in [7, 11) is 3.16. The van der Waals surface area contributed by atoms with Crippen molar-refractivity contribution in [3.63, 3.8) is 0 Å². The Morgan fingerprint density at radius 2 is 1.64 bits per heavy atom. The van der Waals surface area contributed by atoms with Gasteiger partial charge in [-0.2, -0.15) is 0 Å². The summed E-state index contributed by atoms with van der Waals surface area (Å²) in [5.74, 6) is 2.26. The summed E-state index contributed by atoms with van der Waals surface area (Å²) in [6.07, 6.45) is 1.45. The Morgan fingerprint density at radius 1 is 0.909 bits per heavy atom. The first-order valence-electron chi connectivity index (χ1n) is 6.55. The molecule has 0 saturated carbocycles. The van der Waals surface area contributed by atoms with Crippen LogP contribution in [0.5, 0.6) is 23.1 Å². The molecule has 0 spiro atoms. The molecule has 0 atom stereocenters. The second-order valence-corrected chi connectivity index (χ2v) is 4.95. The third-order valence-electron chi connectivity index (χ3n) is 3.18. The summed E-state index contributed by atoms with van der Waals surface area (Å²) in [5.41, 5.74) is 0.708. The Labute approximate surface area is 133 Å². The maximum Gasteiger partial charge on any atom is 0.230 e. The van der Waals surface area contributed by atoms with Gasteiger partial charge in [0, 0.05) is 11.0 Å². The Hall–Kier alpha value is -2.47. The van der Waals surface area contributed by atoms with Gasteiger partial charge in [0.15, 0.2) is 11.5 Å². The van der Waals surface area contributed by atoms with E-state index in [0.29, 0.717) is 28.6 Å². The number of hydrogen-bond acceptors (Lipinski definition) is 6. The van der Waals surface area contributed by atoms with Gasteiger partial charge in [0.05, 0.1) is 25.1 Å². The quantitative estimate of drug-likeness (QED) is 0.744. The molecule has 0 N–H and O–H groups in total. The molecule has 5 nitrogen and oxygen atoms in total. The van der Waals surface area contributed by atoms with E-state index in [0.717, 1.165) is 10.3 Å². The van der Waals surface area contributed by atoms with Crippen LogP contribution in [-0.4, -0.2) is 24.2 Å². The standard InChI is InChI=1S/C16H14N2O3S/c1-19-13-7-10-11(8-14(13)20-2)17-9-18-16(10)21-12-5-3-4-6-15(12)22/h3-9,22H,1-2H3. The van der Waals surface area contributed by atoms with Crippen molar-refractivity contribution < 1.29 is 14.2 Å². The number of ether oxygens (including phenoxy) is 3. The lowest BCUT2D eigenvalue weighted by Crippen LogP contribution is -1.95. The van der Waals surface area contributed by atoms with Crippen LogP contribution in [0.1, 0.15) is 0 Å². The van der Waals surface area contributed by atoms with E-state index in [2.05, 4.69) is 22.6 Å². The SMILES string of the molecule is COc1cc2ncnc(Oc3ccccc3S)c2cc1OC. The van der Waals surface area contributed by atoms with E-state index in [1.165, 1.54) is 6.33 Å². The highest BCUT2D eigenvalue weighted by atomic mass is 32.1. The van der Waals surface area contributed by atoms with Crippen molar-refractivity contribution >= 4 is 23.5 Å². The van der Waals surface area contributed by atoms with Crippen LogP contribution < -0.4 is 14.2 Å².